The lowest BCUT2D eigenvalue weighted by Gasteiger charge is -2.08. The summed E-state index contributed by atoms with van der Waals surface area (Å²) in [5.41, 5.74) is 5.54. The third-order valence-corrected chi connectivity index (χ3v) is 2.38. The van der Waals surface area contributed by atoms with Crippen LogP contribution >= 0.6 is 7.60 Å². The van der Waals surface area contributed by atoms with Crippen molar-refractivity contribution in [2.75, 3.05) is 6.16 Å². The van der Waals surface area contributed by atoms with Crippen molar-refractivity contribution in [1.82, 2.24) is 0 Å². The molecule has 0 aliphatic carbocycles. The van der Waals surface area contributed by atoms with E-state index in [2.05, 4.69) is 0 Å². The third-order valence-electron chi connectivity index (χ3n) is 1.56. The zero-order chi connectivity index (χ0) is 11.4. The third kappa shape index (κ3) is 5.88. The van der Waals surface area contributed by atoms with Crippen LogP contribution in [0.25, 0.3) is 0 Å². The van der Waals surface area contributed by atoms with Crippen molar-refractivity contribution in [3.05, 3.63) is 11.6 Å². The van der Waals surface area contributed by atoms with E-state index in [0.717, 1.165) is 0 Å². The van der Waals surface area contributed by atoms with Crippen LogP contribution in [0, 0.1) is 0 Å². The van der Waals surface area contributed by atoms with E-state index in [1.54, 1.807) is 6.92 Å². The number of carbonyl (C=O) groups is 1. The zero-order valence-corrected chi connectivity index (χ0v) is 8.65. The molecule has 0 aromatic heterocycles. The van der Waals surface area contributed by atoms with Crippen LogP contribution in [-0.4, -0.2) is 33.1 Å². The fourth-order valence-electron chi connectivity index (χ4n) is 0.872. The topological polar surface area (TPSA) is 121 Å². The highest BCUT2D eigenvalue weighted by Gasteiger charge is 2.17. The first-order chi connectivity index (χ1) is 6.26. The van der Waals surface area contributed by atoms with Gasteiger partial charge < -0.3 is 20.6 Å². The maximum atomic E-state index is 10.6. The maximum Gasteiger partial charge on any atom is 0.329 e. The molecule has 0 spiro atoms. The highest BCUT2D eigenvalue weighted by Crippen LogP contribution is 2.37. The molecule has 0 aliphatic rings. The van der Waals surface area contributed by atoms with Gasteiger partial charge in [-0.25, -0.2) is 0 Å². The fraction of sp³-hybridized carbons (Fsp3) is 0.571. The average molecular weight is 223 g/mol. The fourth-order valence-corrected chi connectivity index (χ4v) is 1.73. The summed E-state index contributed by atoms with van der Waals surface area (Å²) >= 11 is 0. The molecule has 0 fully saturated rings. The highest BCUT2D eigenvalue weighted by atomic mass is 31.2. The van der Waals surface area contributed by atoms with Crippen LogP contribution in [-0.2, 0) is 9.36 Å². The van der Waals surface area contributed by atoms with Crippen molar-refractivity contribution in [2.45, 2.75) is 19.4 Å². The Kier molecular flexibility index (Phi) is 5.01. The van der Waals surface area contributed by atoms with Gasteiger partial charge in [-0.1, -0.05) is 18.6 Å². The monoisotopic (exact) mass is 223 g/mol. The Hall–Kier alpha value is -0.680. The Morgan fingerprint density at radius 3 is 2.36 bits per heavy atom. The standard InChI is InChI=1S/C7H14NO5P/c1-2-5(4-14(11,12)13)3-6(8)7(9)10/h3,6H,2,4,8H2,1H3,(H,9,10)(H2,11,12,13). The smallest absolute Gasteiger partial charge is 0.329 e. The second kappa shape index (κ2) is 5.26. The van der Waals surface area contributed by atoms with E-state index in [1.165, 1.54) is 6.08 Å². The van der Waals surface area contributed by atoms with E-state index in [9.17, 15) is 9.36 Å². The molecule has 0 aromatic rings. The number of carboxylic acid groups (broad SMARTS) is 1. The van der Waals surface area contributed by atoms with Gasteiger partial charge in [0.15, 0.2) is 0 Å². The molecule has 14 heavy (non-hydrogen) atoms. The molecule has 1 unspecified atom stereocenters. The summed E-state index contributed by atoms with van der Waals surface area (Å²) in [5.74, 6) is -1.22. The van der Waals surface area contributed by atoms with Crippen molar-refractivity contribution >= 4 is 13.6 Å². The number of hydrogen-bond acceptors (Lipinski definition) is 3. The number of rotatable bonds is 5. The quantitative estimate of drug-likeness (QED) is 0.382. The Labute approximate surface area is 81.6 Å². The molecule has 6 nitrogen and oxygen atoms in total. The largest absolute Gasteiger partial charge is 0.480 e. The van der Waals surface area contributed by atoms with Crippen molar-refractivity contribution < 1.29 is 24.3 Å². The minimum absolute atomic E-state index is 0.355. The molecule has 0 aliphatic heterocycles. The molecule has 0 heterocycles. The summed E-state index contributed by atoms with van der Waals surface area (Å²) in [6, 6.07) is -1.21. The van der Waals surface area contributed by atoms with Gasteiger partial charge in [-0.05, 0) is 6.42 Å². The number of allylic oxidation sites excluding steroid dienone is 1. The van der Waals surface area contributed by atoms with Crippen molar-refractivity contribution in [2.24, 2.45) is 5.73 Å². The summed E-state index contributed by atoms with van der Waals surface area (Å²) < 4.78 is 10.6. The Bertz CT molecular complexity index is 282. The van der Waals surface area contributed by atoms with Gasteiger partial charge in [-0.15, -0.1) is 0 Å². The second-order valence-corrected chi connectivity index (χ2v) is 4.51. The first kappa shape index (κ1) is 13.3. The van der Waals surface area contributed by atoms with Gasteiger partial charge in [0.2, 0.25) is 0 Å². The molecule has 0 saturated carbocycles. The molecule has 0 bridgehead atoms. The number of carboxylic acids is 1. The van der Waals surface area contributed by atoms with Crippen molar-refractivity contribution in [3.8, 4) is 0 Å². The van der Waals surface area contributed by atoms with Crippen molar-refractivity contribution in [3.63, 3.8) is 0 Å². The Balaban J connectivity index is 4.56. The van der Waals surface area contributed by atoms with Gasteiger partial charge in [-0.3, -0.25) is 9.36 Å². The lowest BCUT2D eigenvalue weighted by molar-refractivity contribution is -0.137. The van der Waals surface area contributed by atoms with Crippen LogP contribution in [0.5, 0.6) is 0 Å². The molecular weight excluding hydrogens is 209 g/mol. The summed E-state index contributed by atoms with van der Waals surface area (Å²) in [5, 5.41) is 8.46. The molecule has 0 rings (SSSR count). The Morgan fingerprint density at radius 1 is 1.57 bits per heavy atom. The normalized spacial score (nSPS) is 15.3. The SMILES string of the molecule is CCC(=CC(N)C(=O)O)CP(=O)(O)O. The van der Waals surface area contributed by atoms with Crippen LogP contribution in [0.1, 0.15) is 13.3 Å². The van der Waals surface area contributed by atoms with Crippen LogP contribution in [0.3, 0.4) is 0 Å². The average Bonchev–Trinajstić information content (AvgIpc) is 2.00. The summed E-state index contributed by atoms with van der Waals surface area (Å²) in [4.78, 5) is 27.7. The molecule has 82 valence electrons. The zero-order valence-electron chi connectivity index (χ0n) is 7.75. The van der Waals surface area contributed by atoms with E-state index in [-0.39, 0.29) is 0 Å². The number of aliphatic carboxylic acids is 1. The van der Waals surface area contributed by atoms with Crippen LogP contribution in [0.15, 0.2) is 11.6 Å². The summed E-state index contributed by atoms with van der Waals surface area (Å²) in [6.07, 6.45) is 1.10. The lowest BCUT2D eigenvalue weighted by Crippen LogP contribution is -2.28. The van der Waals surface area contributed by atoms with E-state index in [0.29, 0.717) is 12.0 Å². The second-order valence-electron chi connectivity index (χ2n) is 2.87. The Morgan fingerprint density at radius 2 is 2.07 bits per heavy atom. The predicted octanol–water partition coefficient (Wildman–Crippen LogP) is -0.0876. The van der Waals surface area contributed by atoms with E-state index < -0.39 is 25.8 Å². The number of nitrogens with two attached hydrogens (primary N) is 1. The molecule has 7 heteroatoms. The molecular formula is C7H14NO5P. The molecule has 5 N–H and O–H groups in total. The molecule has 0 radical (unpaired) electrons. The van der Waals surface area contributed by atoms with Crippen LogP contribution in [0.2, 0.25) is 0 Å². The number of hydrogen-bond donors (Lipinski definition) is 4. The van der Waals surface area contributed by atoms with Gasteiger partial charge in [0.05, 0.1) is 6.16 Å². The minimum atomic E-state index is -4.14. The van der Waals surface area contributed by atoms with E-state index in [1.807, 2.05) is 0 Å². The van der Waals surface area contributed by atoms with Gasteiger partial charge in [0.25, 0.3) is 0 Å². The predicted molar refractivity (Wildman–Crippen MR) is 50.9 cm³/mol. The minimum Gasteiger partial charge on any atom is -0.480 e. The summed E-state index contributed by atoms with van der Waals surface area (Å²) in [7, 11) is -4.14. The van der Waals surface area contributed by atoms with E-state index in [4.69, 9.17) is 20.6 Å². The molecule has 0 aromatic carbocycles. The van der Waals surface area contributed by atoms with Crippen molar-refractivity contribution in [1.29, 1.82) is 0 Å². The van der Waals surface area contributed by atoms with E-state index >= 15 is 0 Å². The first-order valence-electron chi connectivity index (χ1n) is 3.98. The van der Waals surface area contributed by atoms with Gasteiger partial charge in [0.1, 0.15) is 6.04 Å². The van der Waals surface area contributed by atoms with Gasteiger partial charge in [-0.2, -0.15) is 0 Å². The molecule has 1 atom stereocenters. The maximum absolute atomic E-state index is 10.6. The van der Waals surface area contributed by atoms with Gasteiger partial charge >= 0.3 is 13.6 Å². The van der Waals surface area contributed by atoms with Gasteiger partial charge in [0, 0.05) is 0 Å². The summed E-state index contributed by atoms with van der Waals surface area (Å²) in [6.45, 7) is 1.68. The lowest BCUT2D eigenvalue weighted by atomic mass is 10.1. The van der Waals surface area contributed by atoms with Crippen LogP contribution in [0.4, 0.5) is 0 Å². The van der Waals surface area contributed by atoms with Crippen LogP contribution < -0.4 is 5.73 Å². The first-order valence-corrected chi connectivity index (χ1v) is 5.78. The molecule has 0 amide bonds. The highest BCUT2D eigenvalue weighted by molar-refractivity contribution is 7.52. The molecule has 0 saturated heterocycles.